The van der Waals surface area contributed by atoms with Gasteiger partial charge in [0.25, 0.3) is 0 Å². The monoisotopic (exact) mass is 165 g/mol. The van der Waals surface area contributed by atoms with Crippen molar-refractivity contribution in [3.63, 3.8) is 0 Å². The van der Waals surface area contributed by atoms with Crippen LogP contribution in [0.4, 0.5) is 0 Å². The lowest BCUT2D eigenvalue weighted by atomic mass is 10.4. The van der Waals surface area contributed by atoms with Gasteiger partial charge < -0.3 is 9.72 Å². The molecule has 12 heavy (non-hydrogen) atoms. The number of aromatic nitrogens is 1. The summed E-state index contributed by atoms with van der Waals surface area (Å²) in [5, 5.41) is 0. The number of aromatic amines is 1. The molecule has 0 aliphatic rings. The summed E-state index contributed by atoms with van der Waals surface area (Å²) in [6.45, 7) is 5.73. The molecule has 1 aromatic heterocycles. The van der Waals surface area contributed by atoms with E-state index >= 15 is 0 Å². The van der Waals surface area contributed by atoms with E-state index in [2.05, 4.69) is 11.6 Å². The number of nitrogens with one attached hydrogen (secondary N) is 1. The minimum Gasteiger partial charge on any atom is -0.461 e. The Bertz CT molecular complexity index is 288. The van der Waals surface area contributed by atoms with Gasteiger partial charge in [0.2, 0.25) is 0 Å². The molecule has 0 unspecified atom stereocenters. The molecule has 0 aliphatic carbocycles. The van der Waals surface area contributed by atoms with Gasteiger partial charge in [0.1, 0.15) is 5.69 Å². The molecule has 0 radical (unpaired) electrons. The van der Waals surface area contributed by atoms with E-state index in [0.29, 0.717) is 12.3 Å². The number of hydrogen-bond acceptors (Lipinski definition) is 2. The molecule has 0 aliphatic heterocycles. The molecule has 0 amide bonds. The van der Waals surface area contributed by atoms with Gasteiger partial charge in [-0.3, -0.25) is 0 Å². The fraction of sp³-hybridized carbons (Fsp3) is 0.222. The molecule has 0 bridgehead atoms. The maximum absolute atomic E-state index is 11.1. The number of ether oxygens (including phenoxy) is 1. The minimum atomic E-state index is -0.328. The fourth-order valence-corrected chi connectivity index (χ4v) is 0.859. The smallest absolute Gasteiger partial charge is 0.354 e. The van der Waals surface area contributed by atoms with Crippen molar-refractivity contribution >= 4 is 12.0 Å². The lowest BCUT2D eigenvalue weighted by molar-refractivity contribution is 0.0520. The quantitative estimate of drug-likeness (QED) is 0.694. The Hall–Kier alpha value is -1.51. The van der Waals surface area contributed by atoms with Crippen LogP contribution in [0.25, 0.3) is 6.08 Å². The molecule has 1 aromatic rings. The zero-order valence-electron chi connectivity index (χ0n) is 6.96. The van der Waals surface area contributed by atoms with E-state index in [1.807, 2.05) is 0 Å². The van der Waals surface area contributed by atoms with Gasteiger partial charge in [-0.1, -0.05) is 6.58 Å². The highest BCUT2D eigenvalue weighted by Crippen LogP contribution is 2.04. The summed E-state index contributed by atoms with van der Waals surface area (Å²) in [6.07, 6.45) is 1.64. The maximum atomic E-state index is 11.1. The fourth-order valence-electron chi connectivity index (χ4n) is 0.859. The predicted octanol–water partition coefficient (Wildman–Crippen LogP) is 1.83. The molecule has 0 fully saturated rings. The minimum absolute atomic E-state index is 0.328. The number of carbonyl (C=O) groups is 1. The number of hydrogen-bond donors (Lipinski definition) is 1. The second-order valence-electron chi connectivity index (χ2n) is 2.25. The molecule has 64 valence electrons. The van der Waals surface area contributed by atoms with Crippen LogP contribution in [0.1, 0.15) is 23.1 Å². The first-order valence-electron chi connectivity index (χ1n) is 3.76. The van der Waals surface area contributed by atoms with E-state index in [4.69, 9.17) is 4.74 Å². The van der Waals surface area contributed by atoms with Gasteiger partial charge in [-0.05, 0) is 25.1 Å². The highest BCUT2D eigenvalue weighted by atomic mass is 16.5. The molecule has 1 N–H and O–H groups in total. The Morgan fingerprint density at radius 3 is 3.00 bits per heavy atom. The molecule has 0 aromatic carbocycles. The van der Waals surface area contributed by atoms with Crippen molar-refractivity contribution in [3.8, 4) is 0 Å². The van der Waals surface area contributed by atoms with E-state index in [1.165, 1.54) is 0 Å². The Labute approximate surface area is 71.1 Å². The zero-order valence-corrected chi connectivity index (χ0v) is 6.96. The van der Waals surface area contributed by atoms with Gasteiger partial charge >= 0.3 is 5.97 Å². The first kappa shape index (κ1) is 8.59. The number of rotatable bonds is 3. The Morgan fingerprint density at radius 2 is 2.50 bits per heavy atom. The third-order valence-electron chi connectivity index (χ3n) is 1.42. The number of H-pyrrole nitrogens is 1. The van der Waals surface area contributed by atoms with Crippen LogP contribution in [0.15, 0.2) is 18.7 Å². The summed E-state index contributed by atoms with van der Waals surface area (Å²) in [4.78, 5) is 13.9. The van der Waals surface area contributed by atoms with Crippen LogP contribution >= 0.6 is 0 Å². The average molecular weight is 165 g/mol. The molecule has 0 atom stereocenters. The maximum Gasteiger partial charge on any atom is 0.354 e. The van der Waals surface area contributed by atoms with E-state index in [9.17, 15) is 4.79 Å². The van der Waals surface area contributed by atoms with E-state index < -0.39 is 0 Å². The molecule has 0 saturated heterocycles. The second-order valence-corrected chi connectivity index (χ2v) is 2.25. The van der Waals surface area contributed by atoms with Crippen LogP contribution in [0.3, 0.4) is 0 Å². The Kier molecular flexibility index (Phi) is 2.69. The molecule has 0 spiro atoms. The average Bonchev–Trinajstić information content (AvgIpc) is 2.52. The van der Waals surface area contributed by atoms with Crippen LogP contribution in [-0.4, -0.2) is 17.6 Å². The normalized spacial score (nSPS) is 9.42. The third kappa shape index (κ3) is 1.75. The standard InChI is InChI=1S/C9H11NO2/c1-3-7-5-6-8(10-7)9(11)12-4-2/h3,5-6,10H,1,4H2,2H3. The van der Waals surface area contributed by atoms with Gasteiger partial charge in [-0.2, -0.15) is 0 Å². The summed E-state index contributed by atoms with van der Waals surface area (Å²) in [5.74, 6) is -0.328. The van der Waals surface area contributed by atoms with E-state index in [0.717, 1.165) is 5.69 Å². The first-order valence-corrected chi connectivity index (χ1v) is 3.76. The zero-order chi connectivity index (χ0) is 8.97. The lowest BCUT2D eigenvalue weighted by Gasteiger charge is -1.97. The molecule has 0 saturated carbocycles. The van der Waals surface area contributed by atoms with Gasteiger partial charge in [-0.25, -0.2) is 4.79 Å². The van der Waals surface area contributed by atoms with Crippen LogP contribution in [-0.2, 0) is 4.74 Å². The van der Waals surface area contributed by atoms with Gasteiger partial charge in [0.15, 0.2) is 0 Å². The molecular weight excluding hydrogens is 154 g/mol. The van der Waals surface area contributed by atoms with Crippen molar-refractivity contribution in [3.05, 3.63) is 30.1 Å². The van der Waals surface area contributed by atoms with E-state index in [-0.39, 0.29) is 5.97 Å². The molecule has 3 heteroatoms. The van der Waals surface area contributed by atoms with Crippen molar-refractivity contribution < 1.29 is 9.53 Å². The van der Waals surface area contributed by atoms with Crippen molar-refractivity contribution in [1.82, 2.24) is 4.98 Å². The van der Waals surface area contributed by atoms with E-state index in [1.54, 1.807) is 25.1 Å². The van der Waals surface area contributed by atoms with Crippen LogP contribution in [0.5, 0.6) is 0 Å². The third-order valence-corrected chi connectivity index (χ3v) is 1.42. The molecule has 1 heterocycles. The molecule has 3 nitrogen and oxygen atoms in total. The SMILES string of the molecule is C=Cc1ccc(C(=O)OCC)[nH]1. The Balaban J connectivity index is 2.74. The molecular formula is C9H11NO2. The lowest BCUT2D eigenvalue weighted by Crippen LogP contribution is -2.04. The van der Waals surface area contributed by atoms with Crippen molar-refractivity contribution in [2.45, 2.75) is 6.92 Å². The topological polar surface area (TPSA) is 42.1 Å². The summed E-state index contributed by atoms with van der Waals surface area (Å²) >= 11 is 0. The highest BCUT2D eigenvalue weighted by Gasteiger charge is 2.06. The summed E-state index contributed by atoms with van der Waals surface area (Å²) < 4.78 is 4.78. The largest absolute Gasteiger partial charge is 0.461 e. The predicted molar refractivity (Wildman–Crippen MR) is 46.8 cm³/mol. The Morgan fingerprint density at radius 1 is 1.75 bits per heavy atom. The number of carbonyl (C=O) groups excluding carboxylic acids is 1. The van der Waals surface area contributed by atoms with Crippen molar-refractivity contribution in [2.24, 2.45) is 0 Å². The second kappa shape index (κ2) is 3.76. The first-order chi connectivity index (χ1) is 5.77. The van der Waals surface area contributed by atoms with Gasteiger partial charge in [0, 0.05) is 5.69 Å². The highest BCUT2D eigenvalue weighted by molar-refractivity contribution is 5.87. The summed E-state index contributed by atoms with van der Waals surface area (Å²) in [6, 6.07) is 3.45. The molecule has 1 rings (SSSR count). The van der Waals surface area contributed by atoms with Crippen LogP contribution in [0.2, 0.25) is 0 Å². The van der Waals surface area contributed by atoms with Crippen molar-refractivity contribution in [2.75, 3.05) is 6.61 Å². The summed E-state index contributed by atoms with van der Waals surface area (Å²) in [7, 11) is 0. The summed E-state index contributed by atoms with van der Waals surface area (Å²) in [5.41, 5.74) is 1.28. The van der Waals surface area contributed by atoms with Gasteiger partial charge in [0.05, 0.1) is 6.61 Å². The van der Waals surface area contributed by atoms with Gasteiger partial charge in [-0.15, -0.1) is 0 Å². The van der Waals surface area contributed by atoms with Crippen LogP contribution in [0, 0.1) is 0 Å². The van der Waals surface area contributed by atoms with Crippen molar-refractivity contribution in [1.29, 1.82) is 0 Å². The number of esters is 1. The van der Waals surface area contributed by atoms with Crippen LogP contribution < -0.4 is 0 Å².